The molecule has 0 aromatic heterocycles. The normalized spacial score (nSPS) is 26.3. The van der Waals surface area contributed by atoms with E-state index in [0.29, 0.717) is 5.56 Å². The standard InChI is InChI=1S/C23H26O11/c24-10-18-20(30)21(31)22(32)23(34-18)33-17(19(29)12-5-7-14(26)16(28)9-12)3-1-2-11-4-6-13(25)15(27)8-11/h4-9,17-32H,3,10H2/t17-,18-,19-,20-,21+,22-,23-/m1/s1. The highest BCUT2D eigenvalue weighted by molar-refractivity contribution is 5.46. The molecule has 9 N–H and O–H groups in total. The highest BCUT2D eigenvalue weighted by Gasteiger charge is 2.45. The quantitative estimate of drug-likeness (QED) is 0.185. The molecular weight excluding hydrogens is 452 g/mol. The summed E-state index contributed by atoms with van der Waals surface area (Å²) in [5.41, 5.74) is 0.479. The van der Waals surface area contributed by atoms with E-state index in [4.69, 9.17) is 9.47 Å². The van der Waals surface area contributed by atoms with Crippen LogP contribution >= 0.6 is 0 Å². The molecule has 0 spiro atoms. The third-order valence-electron chi connectivity index (χ3n) is 5.36. The summed E-state index contributed by atoms with van der Waals surface area (Å²) in [5, 5.41) is 88.8. The maximum Gasteiger partial charge on any atom is 0.187 e. The van der Waals surface area contributed by atoms with Crippen LogP contribution in [0.4, 0.5) is 0 Å². The van der Waals surface area contributed by atoms with E-state index in [0.717, 1.165) is 12.1 Å². The Morgan fingerprint density at radius 3 is 2.12 bits per heavy atom. The van der Waals surface area contributed by atoms with Gasteiger partial charge in [-0.25, -0.2) is 0 Å². The topological polar surface area (TPSA) is 201 Å². The number of hydrogen-bond acceptors (Lipinski definition) is 11. The van der Waals surface area contributed by atoms with Gasteiger partial charge in [0.2, 0.25) is 0 Å². The minimum Gasteiger partial charge on any atom is -0.504 e. The van der Waals surface area contributed by atoms with Crippen LogP contribution in [-0.4, -0.2) is 89.4 Å². The minimum atomic E-state index is -1.72. The lowest BCUT2D eigenvalue weighted by Crippen LogP contribution is -2.59. The van der Waals surface area contributed by atoms with Gasteiger partial charge in [-0.3, -0.25) is 0 Å². The van der Waals surface area contributed by atoms with Crippen molar-refractivity contribution >= 4 is 0 Å². The van der Waals surface area contributed by atoms with Crippen LogP contribution < -0.4 is 0 Å². The van der Waals surface area contributed by atoms with Crippen molar-refractivity contribution in [3.63, 3.8) is 0 Å². The molecule has 0 saturated carbocycles. The average molecular weight is 478 g/mol. The fraction of sp³-hybridized carbons (Fsp3) is 0.391. The van der Waals surface area contributed by atoms with E-state index in [2.05, 4.69) is 11.8 Å². The van der Waals surface area contributed by atoms with Crippen LogP contribution in [0.25, 0.3) is 0 Å². The molecule has 0 amide bonds. The van der Waals surface area contributed by atoms with E-state index in [1.807, 2.05) is 0 Å². The third kappa shape index (κ3) is 5.69. The van der Waals surface area contributed by atoms with Crippen molar-refractivity contribution in [1.29, 1.82) is 0 Å². The van der Waals surface area contributed by atoms with Crippen molar-refractivity contribution in [1.82, 2.24) is 0 Å². The van der Waals surface area contributed by atoms with Crippen molar-refractivity contribution < 1.29 is 55.4 Å². The lowest BCUT2D eigenvalue weighted by atomic mass is 9.98. The van der Waals surface area contributed by atoms with E-state index in [-0.39, 0.29) is 23.5 Å². The van der Waals surface area contributed by atoms with Gasteiger partial charge in [-0.15, -0.1) is 0 Å². The fourth-order valence-corrected chi connectivity index (χ4v) is 3.38. The molecule has 0 aliphatic carbocycles. The van der Waals surface area contributed by atoms with E-state index >= 15 is 0 Å². The third-order valence-corrected chi connectivity index (χ3v) is 5.36. The number of aliphatic hydroxyl groups excluding tert-OH is 5. The zero-order chi connectivity index (χ0) is 25.0. The number of phenolic OH excluding ortho intramolecular Hbond substituents is 4. The zero-order valence-electron chi connectivity index (χ0n) is 17.8. The van der Waals surface area contributed by atoms with Crippen LogP contribution in [0.1, 0.15) is 23.7 Å². The van der Waals surface area contributed by atoms with Crippen LogP contribution in [0.15, 0.2) is 36.4 Å². The number of benzene rings is 2. The Kier molecular flexibility index (Phi) is 8.19. The van der Waals surface area contributed by atoms with Gasteiger partial charge >= 0.3 is 0 Å². The summed E-state index contributed by atoms with van der Waals surface area (Å²) in [5.74, 6) is 3.86. The summed E-state index contributed by atoms with van der Waals surface area (Å²) in [6, 6.07) is 7.51. The Morgan fingerprint density at radius 1 is 0.853 bits per heavy atom. The molecule has 1 aliphatic heterocycles. The molecule has 1 heterocycles. The lowest BCUT2D eigenvalue weighted by Gasteiger charge is -2.41. The summed E-state index contributed by atoms with van der Waals surface area (Å²) >= 11 is 0. The summed E-state index contributed by atoms with van der Waals surface area (Å²) in [7, 11) is 0. The SMILES string of the molecule is OC[C@H]1O[C@@H](O[C@H](CC#Cc2ccc(O)c(O)c2)[C@H](O)c2ccc(O)c(O)c2)[C@H](O)[C@@H](O)[C@@H]1O. The first-order chi connectivity index (χ1) is 16.1. The smallest absolute Gasteiger partial charge is 0.187 e. The van der Waals surface area contributed by atoms with Crippen LogP contribution in [0.5, 0.6) is 23.0 Å². The van der Waals surface area contributed by atoms with Gasteiger partial charge in [0.05, 0.1) is 6.61 Å². The second-order valence-electron chi connectivity index (χ2n) is 7.77. The van der Waals surface area contributed by atoms with Gasteiger partial charge in [-0.1, -0.05) is 17.9 Å². The number of phenols is 4. The molecule has 1 saturated heterocycles. The summed E-state index contributed by atoms with van der Waals surface area (Å²) in [4.78, 5) is 0. The van der Waals surface area contributed by atoms with Crippen molar-refractivity contribution in [2.45, 2.75) is 49.3 Å². The molecule has 34 heavy (non-hydrogen) atoms. The first-order valence-electron chi connectivity index (χ1n) is 10.3. The lowest BCUT2D eigenvalue weighted by molar-refractivity contribution is -0.316. The number of aromatic hydroxyl groups is 4. The second-order valence-corrected chi connectivity index (χ2v) is 7.77. The maximum absolute atomic E-state index is 10.9. The molecule has 11 nitrogen and oxygen atoms in total. The molecule has 1 aliphatic rings. The fourth-order valence-electron chi connectivity index (χ4n) is 3.38. The number of ether oxygens (including phenoxy) is 2. The van der Waals surface area contributed by atoms with Gasteiger partial charge in [-0.2, -0.15) is 0 Å². The first kappa shape index (κ1) is 25.5. The Labute approximate surface area is 194 Å². The molecule has 184 valence electrons. The number of rotatable bonds is 6. The van der Waals surface area contributed by atoms with E-state index in [1.165, 1.54) is 24.3 Å². The van der Waals surface area contributed by atoms with Gasteiger partial charge in [0, 0.05) is 12.0 Å². The highest BCUT2D eigenvalue weighted by Crippen LogP contribution is 2.32. The molecule has 2 aromatic carbocycles. The first-order valence-corrected chi connectivity index (χ1v) is 10.3. The van der Waals surface area contributed by atoms with Crippen LogP contribution in [-0.2, 0) is 9.47 Å². The molecule has 7 atom stereocenters. The summed E-state index contributed by atoms with van der Waals surface area (Å²) in [6.45, 7) is -0.673. The molecule has 0 radical (unpaired) electrons. The molecule has 0 unspecified atom stereocenters. The Morgan fingerprint density at radius 2 is 1.50 bits per heavy atom. The molecule has 3 rings (SSSR count). The van der Waals surface area contributed by atoms with E-state index < -0.39 is 61.0 Å². The van der Waals surface area contributed by atoms with Gasteiger partial charge in [-0.05, 0) is 35.9 Å². The van der Waals surface area contributed by atoms with E-state index in [1.54, 1.807) is 0 Å². The summed E-state index contributed by atoms with van der Waals surface area (Å²) < 4.78 is 11.0. The highest BCUT2D eigenvalue weighted by atomic mass is 16.7. The van der Waals surface area contributed by atoms with Gasteiger partial charge < -0.3 is 55.4 Å². The largest absolute Gasteiger partial charge is 0.504 e. The molecule has 2 aromatic rings. The molecule has 0 bridgehead atoms. The predicted octanol–water partition coefficient (Wildman–Crippen LogP) is -0.831. The monoisotopic (exact) mass is 478 g/mol. The van der Waals surface area contributed by atoms with Crippen LogP contribution in [0, 0.1) is 11.8 Å². The van der Waals surface area contributed by atoms with E-state index in [9.17, 15) is 46.0 Å². The van der Waals surface area contributed by atoms with Crippen molar-refractivity contribution in [2.24, 2.45) is 0 Å². The Hall–Kier alpha value is -3.08. The average Bonchev–Trinajstić information content (AvgIpc) is 2.82. The van der Waals surface area contributed by atoms with Crippen LogP contribution in [0.3, 0.4) is 0 Å². The zero-order valence-corrected chi connectivity index (χ0v) is 17.8. The molecule has 1 fully saturated rings. The molecule has 11 heteroatoms. The maximum atomic E-state index is 10.9. The van der Waals surface area contributed by atoms with Gasteiger partial charge in [0.25, 0.3) is 0 Å². The Balaban J connectivity index is 1.86. The predicted molar refractivity (Wildman–Crippen MR) is 115 cm³/mol. The van der Waals surface area contributed by atoms with Crippen molar-refractivity contribution in [3.8, 4) is 34.8 Å². The Bertz CT molecular complexity index is 1040. The second kappa shape index (κ2) is 10.9. The number of aliphatic hydroxyl groups is 5. The minimum absolute atomic E-state index is 0.133. The van der Waals surface area contributed by atoms with Crippen LogP contribution in [0.2, 0.25) is 0 Å². The number of hydrogen-bond donors (Lipinski definition) is 9. The molecular formula is C23H26O11. The van der Waals surface area contributed by atoms with Crippen molar-refractivity contribution in [2.75, 3.05) is 6.61 Å². The van der Waals surface area contributed by atoms with Gasteiger partial charge in [0.15, 0.2) is 29.3 Å². The summed E-state index contributed by atoms with van der Waals surface area (Å²) in [6.07, 6.45) is -10.7. The van der Waals surface area contributed by atoms with Crippen molar-refractivity contribution in [3.05, 3.63) is 47.5 Å². The van der Waals surface area contributed by atoms with Gasteiger partial charge in [0.1, 0.15) is 36.6 Å².